The minimum absolute atomic E-state index is 0.0258. The van der Waals surface area contributed by atoms with E-state index in [1.54, 1.807) is 10.2 Å². The molecule has 0 aliphatic heterocycles. The summed E-state index contributed by atoms with van der Waals surface area (Å²) in [5.41, 5.74) is 13.8. The Morgan fingerprint density at radius 2 is 1.77 bits per heavy atom. The molecule has 0 spiro atoms. The summed E-state index contributed by atoms with van der Waals surface area (Å²) in [5, 5.41) is 16.5. The van der Waals surface area contributed by atoms with Crippen molar-refractivity contribution in [3.8, 4) is 0 Å². The van der Waals surface area contributed by atoms with Crippen LogP contribution in [0.2, 0.25) is 0 Å². The second kappa shape index (κ2) is 8.91. The number of nitrogen functional groups attached to an aromatic ring is 1. The molecular formula is C34H51N7OS. The third-order valence-corrected chi connectivity index (χ3v) is 14.6. The highest BCUT2D eigenvalue weighted by atomic mass is 32.1. The smallest absolute Gasteiger partial charge is 0.245 e. The largest absolute Gasteiger partial charge is 0.384 e. The van der Waals surface area contributed by atoms with Gasteiger partial charge >= 0.3 is 0 Å². The lowest BCUT2D eigenvalue weighted by Gasteiger charge is -2.70. The van der Waals surface area contributed by atoms with Crippen molar-refractivity contribution in [2.75, 3.05) is 11.2 Å². The van der Waals surface area contributed by atoms with E-state index in [2.05, 4.69) is 87.9 Å². The molecule has 2 heterocycles. The number of aromatic nitrogens is 5. The number of carbonyl (C=O) groups is 1. The number of nitrogens with zero attached hydrogens (tertiary/aromatic N) is 4. The molecule has 7 rings (SSSR count). The summed E-state index contributed by atoms with van der Waals surface area (Å²) in [6.45, 7) is 19.2. The van der Waals surface area contributed by atoms with E-state index >= 15 is 0 Å². The minimum atomic E-state index is -0.435. The first kappa shape index (κ1) is 29.4. The number of aryl methyl sites for hydroxylation is 1. The van der Waals surface area contributed by atoms with Crippen LogP contribution in [0.4, 0.5) is 5.82 Å². The molecule has 7 atom stereocenters. The van der Waals surface area contributed by atoms with E-state index in [-0.39, 0.29) is 38.9 Å². The number of thiol groups is 1. The van der Waals surface area contributed by atoms with Gasteiger partial charge in [-0.3, -0.25) is 15.3 Å². The number of carbonyl (C=O) groups excluding carboxylic acids is 1. The molecule has 234 valence electrons. The van der Waals surface area contributed by atoms with Crippen LogP contribution in [0, 0.1) is 51.8 Å². The molecule has 5 aliphatic carbocycles. The van der Waals surface area contributed by atoms with E-state index in [0.717, 1.165) is 50.8 Å². The maximum atomic E-state index is 14.4. The van der Waals surface area contributed by atoms with Crippen LogP contribution in [-0.2, 0) is 16.6 Å². The second-order valence-corrected chi connectivity index (χ2v) is 17.5. The summed E-state index contributed by atoms with van der Waals surface area (Å²) >= 11 is 4.48. The van der Waals surface area contributed by atoms with Crippen molar-refractivity contribution in [3.63, 3.8) is 0 Å². The van der Waals surface area contributed by atoms with Gasteiger partial charge in [-0.1, -0.05) is 60.1 Å². The van der Waals surface area contributed by atoms with E-state index in [4.69, 9.17) is 10.8 Å². The monoisotopic (exact) mass is 605 g/mol. The topological polar surface area (TPSA) is 115 Å². The number of hydrogen-bond acceptors (Lipinski definition) is 6. The third kappa shape index (κ3) is 3.69. The standard InChI is InChI=1S/C34H51N7OS/c1-19-36-39-28(43)41(19)40-27(42)34-15-13-29(2,3)18-22(34)21-9-10-24-31(6)17-20-25(37-38-26(20)35)30(4,5)23(31)11-12-33(24,8)32(21,7)14-16-34/h9,22-24H,10-18H2,1-8H3,(H,39,43)(H,40,42)(H3,35,37,38)/t22?,23?,24?,31-,32+,33+,34-/m0/s1. The highest BCUT2D eigenvalue weighted by Gasteiger charge is 2.69. The van der Waals surface area contributed by atoms with Crippen molar-refractivity contribution < 1.29 is 4.79 Å². The molecule has 3 saturated carbocycles. The van der Waals surface area contributed by atoms with Crippen LogP contribution in [-0.4, -0.2) is 31.0 Å². The van der Waals surface area contributed by atoms with Gasteiger partial charge in [0.25, 0.3) is 0 Å². The fourth-order valence-electron chi connectivity index (χ4n) is 11.8. The zero-order valence-corrected chi connectivity index (χ0v) is 28.3. The van der Waals surface area contributed by atoms with Gasteiger partial charge < -0.3 is 5.73 Å². The molecular weight excluding hydrogens is 554 g/mol. The Hall–Kier alpha value is -2.29. The lowest BCUT2D eigenvalue weighted by atomic mass is 9.33. The normalized spacial score (nSPS) is 40.7. The van der Waals surface area contributed by atoms with Gasteiger partial charge in [0.15, 0.2) is 0 Å². The van der Waals surface area contributed by atoms with E-state index in [0.29, 0.717) is 22.8 Å². The summed E-state index contributed by atoms with van der Waals surface area (Å²) in [7, 11) is 0. The fraction of sp³-hybridized carbons (Fsp3) is 0.765. The van der Waals surface area contributed by atoms with Crippen molar-refractivity contribution in [2.45, 2.75) is 124 Å². The van der Waals surface area contributed by atoms with E-state index in [1.807, 2.05) is 6.92 Å². The maximum absolute atomic E-state index is 14.4. The molecule has 0 aromatic carbocycles. The molecule has 2 aromatic heterocycles. The van der Waals surface area contributed by atoms with Crippen molar-refractivity contribution in [3.05, 3.63) is 28.7 Å². The molecule has 9 heteroatoms. The van der Waals surface area contributed by atoms with Crippen molar-refractivity contribution >= 4 is 24.4 Å². The van der Waals surface area contributed by atoms with Crippen LogP contribution >= 0.6 is 12.6 Å². The molecule has 1 amide bonds. The Morgan fingerprint density at radius 3 is 2.47 bits per heavy atom. The number of H-pyrrole nitrogens is 1. The highest BCUT2D eigenvalue weighted by molar-refractivity contribution is 7.80. The predicted octanol–water partition coefficient (Wildman–Crippen LogP) is 6.77. The molecule has 3 fully saturated rings. The molecule has 43 heavy (non-hydrogen) atoms. The number of fused-ring (bicyclic) bond motifs is 8. The lowest BCUT2D eigenvalue weighted by molar-refractivity contribution is -0.165. The van der Waals surface area contributed by atoms with Gasteiger partial charge in [-0.25, -0.2) is 4.68 Å². The first-order valence-corrected chi connectivity index (χ1v) is 16.9. The number of anilines is 1. The van der Waals surface area contributed by atoms with Gasteiger partial charge in [-0.15, -0.1) is 22.8 Å². The highest BCUT2D eigenvalue weighted by Crippen LogP contribution is 2.75. The number of nitrogens with one attached hydrogen (secondary N) is 2. The van der Waals surface area contributed by atoms with Crippen molar-refractivity contribution in [1.82, 2.24) is 25.1 Å². The van der Waals surface area contributed by atoms with Gasteiger partial charge in [-0.05, 0) is 104 Å². The van der Waals surface area contributed by atoms with Crippen LogP contribution in [0.25, 0.3) is 0 Å². The molecule has 5 aliphatic rings. The van der Waals surface area contributed by atoms with Crippen LogP contribution in [0.3, 0.4) is 0 Å². The molecule has 2 aromatic rings. The summed E-state index contributed by atoms with van der Waals surface area (Å²) in [6.07, 6.45) is 12.0. The van der Waals surface area contributed by atoms with Crippen LogP contribution in [0.15, 0.2) is 16.8 Å². The van der Waals surface area contributed by atoms with Crippen LogP contribution in [0.5, 0.6) is 0 Å². The Labute approximate surface area is 262 Å². The number of hydrogen-bond donors (Lipinski definition) is 4. The number of allylic oxidation sites excluding steroid dienone is 2. The summed E-state index contributed by atoms with van der Waals surface area (Å²) in [5.74, 6) is 2.82. The summed E-state index contributed by atoms with van der Waals surface area (Å²) in [4.78, 5) is 14.4. The molecule has 0 radical (unpaired) electrons. The van der Waals surface area contributed by atoms with Crippen molar-refractivity contribution in [1.29, 1.82) is 0 Å². The van der Waals surface area contributed by atoms with E-state index in [1.165, 1.54) is 24.1 Å². The quantitative estimate of drug-likeness (QED) is 0.223. The van der Waals surface area contributed by atoms with Crippen LogP contribution in [0.1, 0.15) is 117 Å². The Kier molecular flexibility index (Phi) is 6.10. The first-order valence-electron chi connectivity index (χ1n) is 16.5. The van der Waals surface area contributed by atoms with Gasteiger partial charge in [0.05, 0.1) is 11.1 Å². The average Bonchev–Trinajstić information content (AvgIpc) is 3.45. The zero-order chi connectivity index (χ0) is 31.0. The molecule has 3 unspecified atom stereocenters. The minimum Gasteiger partial charge on any atom is -0.384 e. The Balaban J connectivity index is 1.31. The van der Waals surface area contributed by atoms with Gasteiger partial charge in [0, 0.05) is 11.0 Å². The number of nitrogens with two attached hydrogens (primary N) is 1. The Morgan fingerprint density at radius 1 is 1.05 bits per heavy atom. The van der Waals surface area contributed by atoms with Gasteiger partial charge in [0.1, 0.15) is 11.6 Å². The van der Waals surface area contributed by atoms with Crippen molar-refractivity contribution in [2.24, 2.45) is 44.8 Å². The van der Waals surface area contributed by atoms with Crippen LogP contribution < -0.4 is 11.2 Å². The number of aromatic amines is 1. The third-order valence-electron chi connectivity index (χ3n) is 14.3. The molecule has 0 saturated heterocycles. The molecule has 8 nitrogen and oxygen atoms in total. The first-order chi connectivity index (χ1) is 20.0. The Bertz CT molecular complexity index is 1520. The van der Waals surface area contributed by atoms with Gasteiger partial charge in [0.2, 0.25) is 11.1 Å². The van der Waals surface area contributed by atoms with E-state index in [9.17, 15) is 4.79 Å². The fourth-order valence-corrected chi connectivity index (χ4v) is 12.0. The lowest BCUT2D eigenvalue weighted by Crippen LogP contribution is -2.65. The zero-order valence-electron chi connectivity index (χ0n) is 27.4. The SMILES string of the molecule is Cc1nnc(S)n1NC(=O)[C@]12CCC(C)(C)CC1C1=CCC3[C@@]4(C)Cc5c(n[nH]c5N)C(C)(C)C4CC[C@@]3(C)[C@]1(C)CC2. The number of rotatable bonds is 2. The number of amides is 1. The second-order valence-electron chi connectivity index (χ2n) is 17.1. The van der Waals surface area contributed by atoms with E-state index < -0.39 is 5.41 Å². The summed E-state index contributed by atoms with van der Waals surface area (Å²) in [6, 6.07) is 0. The maximum Gasteiger partial charge on any atom is 0.245 e. The molecule has 4 N–H and O–H groups in total. The molecule has 0 bridgehead atoms. The average molecular weight is 606 g/mol. The summed E-state index contributed by atoms with van der Waals surface area (Å²) < 4.78 is 1.65. The van der Waals surface area contributed by atoms with Gasteiger partial charge in [-0.2, -0.15) is 5.10 Å². The predicted molar refractivity (Wildman–Crippen MR) is 172 cm³/mol.